The molecule has 0 fully saturated rings. The first-order valence-electron chi connectivity index (χ1n) is 5.45. The molecule has 0 saturated heterocycles. The molecule has 0 spiro atoms. The lowest BCUT2D eigenvalue weighted by Crippen LogP contribution is -2.30. The molecule has 6 heteroatoms. The molecular formula is C12H13ClN4O. The van der Waals surface area contributed by atoms with Crippen LogP contribution in [0.3, 0.4) is 0 Å². The van der Waals surface area contributed by atoms with Gasteiger partial charge in [-0.15, -0.1) is 11.6 Å². The van der Waals surface area contributed by atoms with Crippen molar-refractivity contribution in [2.75, 3.05) is 17.3 Å². The first-order chi connectivity index (χ1) is 8.61. The SMILES string of the molecule is CC1=NCC(=O)N1c1cccc(N=C(N)CCl)c1. The van der Waals surface area contributed by atoms with Crippen LogP contribution in [0.4, 0.5) is 11.4 Å². The third-order valence-electron chi connectivity index (χ3n) is 2.51. The lowest BCUT2D eigenvalue weighted by molar-refractivity contribution is -0.115. The zero-order chi connectivity index (χ0) is 13.1. The molecule has 0 aromatic heterocycles. The quantitative estimate of drug-likeness (QED) is 0.513. The first kappa shape index (κ1) is 12.6. The molecule has 1 heterocycles. The summed E-state index contributed by atoms with van der Waals surface area (Å²) in [5.74, 6) is 1.16. The van der Waals surface area contributed by atoms with Crippen LogP contribution in [0.25, 0.3) is 0 Å². The average molecular weight is 265 g/mol. The van der Waals surface area contributed by atoms with Gasteiger partial charge in [0.15, 0.2) is 0 Å². The van der Waals surface area contributed by atoms with Crippen molar-refractivity contribution in [1.82, 2.24) is 0 Å². The smallest absolute Gasteiger partial charge is 0.254 e. The van der Waals surface area contributed by atoms with Gasteiger partial charge in [-0.05, 0) is 25.1 Å². The minimum absolute atomic E-state index is 0.0426. The molecular weight excluding hydrogens is 252 g/mol. The maximum absolute atomic E-state index is 11.7. The van der Waals surface area contributed by atoms with Crippen molar-refractivity contribution < 1.29 is 4.79 Å². The number of aliphatic imine (C=N–C) groups is 2. The second-order valence-corrected chi connectivity index (χ2v) is 4.12. The Hall–Kier alpha value is -1.88. The van der Waals surface area contributed by atoms with E-state index in [0.717, 1.165) is 5.69 Å². The van der Waals surface area contributed by atoms with Crippen LogP contribution in [-0.4, -0.2) is 30.0 Å². The molecule has 2 N–H and O–H groups in total. The van der Waals surface area contributed by atoms with Crippen LogP contribution in [-0.2, 0) is 4.79 Å². The fourth-order valence-electron chi connectivity index (χ4n) is 1.73. The monoisotopic (exact) mass is 264 g/mol. The summed E-state index contributed by atoms with van der Waals surface area (Å²) in [4.78, 5) is 21.5. The van der Waals surface area contributed by atoms with Crippen molar-refractivity contribution >= 4 is 40.6 Å². The van der Waals surface area contributed by atoms with Crippen molar-refractivity contribution in [3.05, 3.63) is 24.3 Å². The van der Waals surface area contributed by atoms with Gasteiger partial charge in [-0.1, -0.05) is 6.07 Å². The van der Waals surface area contributed by atoms with E-state index in [-0.39, 0.29) is 18.3 Å². The number of amides is 1. The Bertz CT molecular complexity index is 539. The molecule has 0 unspecified atom stereocenters. The Morgan fingerprint density at radius 2 is 2.39 bits per heavy atom. The van der Waals surface area contributed by atoms with Crippen LogP contribution in [0.15, 0.2) is 34.3 Å². The Kier molecular flexibility index (Phi) is 3.62. The molecule has 1 aliphatic rings. The summed E-state index contributed by atoms with van der Waals surface area (Å²) >= 11 is 5.58. The van der Waals surface area contributed by atoms with E-state index in [2.05, 4.69) is 9.98 Å². The van der Waals surface area contributed by atoms with Gasteiger partial charge in [-0.25, -0.2) is 4.99 Å². The second-order valence-electron chi connectivity index (χ2n) is 3.85. The van der Waals surface area contributed by atoms with E-state index < -0.39 is 0 Å². The van der Waals surface area contributed by atoms with E-state index in [4.69, 9.17) is 17.3 Å². The fraction of sp³-hybridized carbons (Fsp3) is 0.250. The number of alkyl halides is 1. The van der Waals surface area contributed by atoms with E-state index in [1.807, 2.05) is 12.1 Å². The van der Waals surface area contributed by atoms with Crippen LogP contribution in [0.1, 0.15) is 6.92 Å². The number of nitrogens with zero attached hydrogens (tertiary/aromatic N) is 3. The lowest BCUT2D eigenvalue weighted by atomic mass is 10.2. The zero-order valence-electron chi connectivity index (χ0n) is 9.93. The number of carbonyl (C=O) groups is 1. The Morgan fingerprint density at radius 1 is 1.61 bits per heavy atom. The van der Waals surface area contributed by atoms with Gasteiger partial charge in [0.1, 0.15) is 18.2 Å². The Balaban J connectivity index is 2.33. The van der Waals surface area contributed by atoms with Crippen LogP contribution in [0, 0.1) is 0 Å². The highest BCUT2D eigenvalue weighted by Gasteiger charge is 2.23. The number of hydrogen-bond acceptors (Lipinski definition) is 3. The normalized spacial score (nSPS) is 16.1. The molecule has 18 heavy (non-hydrogen) atoms. The molecule has 1 amide bonds. The van der Waals surface area contributed by atoms with Gasteiger partial charge in [0.05, 0.1) is 17.3 Å². The lowest BCUT2D eigenvalue weighted by Gasteiger charge is -2.16. The summed E-state index contributed by atoms with van der Waals surface area (Å²) in [6.07, 6.45) is 0. The van der Waals surface area contributed by atoms with Crippen molar-refractivity contribution in [2.45, 2.75) is 6.92 Å². The molecule has 1 aliphatic heterocycles. The average Bonchev–Trinajstić information content (AvgIpc) is 2.69. The summed E-state index contributed by atoms with van der Waals surface area (Å²) in [6.45, 7) is 2.00. The van der Waals surface area contributed by atoms with E-state index in [1.54, 1.807) is 24.0 Å². The summed E-state index contributed by atoms with van der Waals surface area (Å²) < 4.78 is 0. The number of benzene rings is 1. The molecule has 1 aromatic rings. The number of hydrogen-bond donors (Lipinski definition) is 1. The Labute approximate surface area is 110 Å². The van der Waals surface area contributed by atoms with Crippen molar-refractivity contribution in [1.29, 1.82) is 0 Å². The van der Waals surface area contributed by atoms with Gasteiger partial charge in [0, 0.05) is 0 Å². The van der Waals surface area contributed by atoms with Gasteiger partial charge in [0.25, 0.3) is 5.91 Å². The molecule has 94 valence electrons. The summed E-state index contributed by atoms with van der Waals surface area (Å²) in [7, 11) is 0. The molecule has 0 aliphatic carbocycles. The molecule has 0 bridgehead atoms. The van der Waals surface area contributed by atoms with Gasteiger partial charge in [-0.3, -0.25) is 14.7 Å². The fourth-order valence-corrected chi connectivity index (χ4v) is 1.79. The van der Waals surface area contributed by atoms with E-state index in [9.17, 15) is 4.79 Å². The number of nitrogens with two attached hydrogens (primary N) is 1. The molecule has 1 aromatic carbocycles. The highest BCUT2D eigenvalue weighted by Crippen LogP contribution is 2.24. The van der Waals surface area contributed by atoms with Crippen LogP contribution >= 0.6 is 11.6 Å². The van der Waals surface area contributed by atoms with E-state index >= 15 is 0 Å². The number of rotatable bonds is 3. The van der Waals surface area contributed by atoms with Crippen molar-refractivity contribution in [2.24, 2.45) is 15.7 Å². The van der Waals surface area contributed by atoms with Crippen LogP contribution < -0.4 is 10.6 Å². The highest BCUT2D eigenvalue weighted by atomic mass is 35.5. The van der Waals surface area contributed by atoms with Gasteiger partial charge in [0.2, 0.25) is 0 Å². The molecule has 2 rings (SSSR count). The predicted molar refractivity (Wildman–Crippen MR) is 73.9 cm³/mol. The van der Waals surface area contributed by atoms with Gasteiger partial charge in [-0.2, -0.15) is 0 Å². The minimum atomic E-state index is -0.0426. The predicted octanol–water partition coefficient (Wildman–Crippen LogP) is 1.68. The molecule has 0 radical (unpaired) electrons. The number of carbonyl (C=O) groups excluding carboxylic acids is 1. The molecule has 0 saturated carbocycles. The number of anilines is 1. The van der Waals surface area contributed by atoms with Crippen molar-refractivity contribution in [3.63, 3.8) is 0 Å². The topological polar surface area (TPSA) is 71.0 Å². The van der Waals surface area contributed by atoms with Gasteiger partial charge < -0.3 is 5.73 Å². The second kappa shape index (κ2) is 5.18. The van der Waals surface area contributed by atoms with Gasteiger partial charge >= 0.3 is 0 Å². The summed E-state index contributed by atoms with van der Waals surface area (Å²) in [5, 5.41) is 0. The maximum Gasteiger partial charge on any atom is 0.254 e. The zero-order valence-corrected chi connectivity index (χ0v) is 10.7. The van der Waals surface area contributed by atoms with E-state index in [0.29, 0.717) is 17.4 Å². The maximum atomic E-state index is 11.7. The third kappa shape index (κ3) is 2.51. The summed E-state index contributed by atoms with van der Waals surface area (Å²) in [6, 6.07) is 7.23. The Morgan fingerprint density at radius 3 is 3.00 bits per heavy atom. The van der Waals surface area contributed by atoms with Crippen LogP contribution in [0.5, 0.6) is 0 Å². The number of halogens is 1. The molecule has 0 atom stereocenters. The van der Waals surface area contributed by atoms with Crippen molar-refractivity contribution in [3.8, 4) is 0 Å². The van der Waals surface area contributed by atoms with Crippen LogP contribution in [0.2, 0.25) is 0 Å². The minimum Gasteiger partial charge on any atom is -0.386 e. The van der Waals surface area contributed by atoms with E-state index in [1.165, 1.54) is 0 Å². The molecule has 5 nitrogen and oxygen atoms in total. The summed E-state index contributed by atoms with van der Waals surface area (Å²) in [5.41, 5.74) is 6.98. The largest absolute Gasteiger partial charge is 0.386 e. The third-order valence-corrected chi connectivity index (χ3v) is 2.79. The standard InChI is InChI=1S/C12H13ClN4O/c1-8-15-7-12(18)17(8)10-4-2-3-9(5-10)16-11(14)6-13/h2-5H,6-7H2,1H3,(H2,14,16). The number of amidine groups is 2. The highest BCUT2D eigenvalue weighted by molar-refractivity contribution is 6.28. The first-order valence-corrected chi connectivity index (χ1v) is 5.98.